The molecule has 3 nitrogen and oxygen atoms in total. The highest BCUT2D eigenvalue weighted by Crippen LogP contribution is 2.36. The number of likely N-dealkylation sites (tertiary alicyclic amines) is 1. The van der Waals surface area contributed by atoms with E-state index < -0.39 is 11.4 Å². The summed E-state index contributed by atoms with van der Waals surface area (Å²) in [4.78, 5) is 13.8. The number of benzene rings is 1. The molecule has 1 aliphatic rings. The van der Waals surface area contributed by atoms with Gasteiger partial charge in [0.25, 0.3) is 0 Å². The molecule has 1 heterocycles. The van der Waals surface area contributed by atoms with Crippen LogP contribution in [0.3, 0.4) is 0 Å². The molecule has 1 aromatic rings. The van der Waals surface area contributed by atoms with Crippen LogP contribution in [0.15, 0.2) is 28.7 Å². The number of nitrogens with zero attached hydrogens (tertiary/aromatic N) is 1. The fourth-order valence-electron chi connectivity index (χ4n) is 2.95. The van der Waals surface area contributed by atoms with Gasteiger partial charge in [-0.05, 0) is 37.1 Å². The first kappa shape index (κ1) is 14.5. The van der Waals surface area contributed by atoms with Crippen LogP contribution in [0.4, 0.5) is 0 Å². The van der Waals surface area contributed by atoms with E-state index in [9.17, 15) is 9.90 Å². The van der Waals surface area contributed by atoms with Crippen LogP contribution in [-0.4, -0.2) is 29.1 Å². The molecule has 1 atom stereocenters. The Morgan fingerprint density at radius 2 is 2.32 bits per heavy atom. The predicted molar refractivity (Wildman–Crippen MR) is 79.0 cm³/mol. The summed E-state index contributed by atoms with van der Waals surface area (Å²) in [7, 11) is 0. The number of carboxylic acid groups (broad SMARTS) is 1. The number of rotatable bonds is 5. The number of hydrogen-bond acceptors (Lipinski definition) is 2. The summed E-state index contributed by atoms with van der Waals surface area (Å²) in [6.45, 7) is 4.43. The fourth-order valence-corrected chi connectivity index (χ4v) is 3.40. The van der Waals surface area contributed by atoms with Crippen molar-refractivity contribution in [1.29, 1.82) is 0 Å². The first-order valence-electron chi connectivity index (χ1n) is 6.76. The first-order chi connectivity index (χ1) is 9.05. The number of carbonyl (C=O) groups is 1. The molecule has 0 radical (unpaired) electrons. The molecule has 104 valence electrons. The van der Waals surface area contributed by atoms with Gasteiger partial charge in [-0.25, -0.2) is 0 Å². The Kier molecular flexibility index (Phi) is 4.63. The Labute approximate surface area is 122 Å². The van der Waals surface area contributed by atoms with E-state index in [1.807, 2.05) is 12.1 Å². The molecule has 4 heteroatoms. The zero-order valence-electron chi connectivity index (χ0n) is 11.2. The van der Waals surface area contributed by atoms with E-state index in [-0.39, 0.29) is 0 Å². The summed E-state index contributed by atoms with van der Waals surface area (Å²) in [5.41, 5.74) is 0.702. The van der Waals surface area contributed by atoms with Crippen LogP contribution in [0.1, 0.15) is 31.7 Å². The van der Waals surface area contributed by atoms with Crippen LogP contribution >= 0.6 is 15.9 Å². The summed E-state index contributed by atoms with van der Waals surface area (Å²) in [5.74, 6) is -0.633. The van der Waals surface area contributed by atoms with Crippen LogP contribution in [0, 0.1) is 5.41 Å². The normalized spacial score (nSPS) is 23.7. The third-order valence-corrected chi connectivity index (χ3v) is 4.40. The van der Waals surface area contributed by atoms with Gasteiger partial charge in [0, 0.05) is 17.6 Å². The maximum Gasteiger partial charge on any atom is 0.310 e. The van der Waals surface area contributed by atoms with Gasteiger partial charge in [-0.2, -0.15) is 0 Å². The maximum absolute atomic E-state index is 11.5. The van der Waals surface area contributed by atoms with Crippen molar-refractivity contribution < 1.29 is 9.90 Å². The van der Waals surface area contributed by atoms with Crippen LogP contribution < -0.4 is 0 Å². The molecule has 2 rings (SSSR count). The molecule has 1 unspecified atom stereocenters. The van der Waals surface area contributed by atoms with Crippen molar-refractivity contribution in [1.82, 2.24) is 4.90 Å². The van der Waals surface area contributed by atoms with Crippen molar-refractivity contribution in [3.8, 4) is 0 Å². The molecule has 0 saturated carbocycles. The summed E-state index contributed by atoms with van der Waals surface area (Å²) in [6, 6.07) is 8.21. The lowest BCUT2D eigenvalue weighted by molar-refractivity contribution is -0.148. The average Bonchev–Trinajstić information content (AvgIpc) is 2.74. The third-order valence-electron chi connectivity index (χ3n) is 3.91. The summed E-state index contributed by atoms with van der Waals surface area (Å²) in [6.07, 6.45) is 2.47. The fraction of sp³-hybridized carbons (Fsp3) is 0.533. The summed E-state index contributed by atoms with van der Waals surface area (Å²) in [5, 5.41) is 9.49. The second-order valence-electron chi connectivity index (χ2n) is 5.43. The van der Waals surface area contributed by atoms with E-state index >= 15 is 0 Å². The zero-order valence-corrected chi connectivity index (χ0v) is 12.8. The van der Waals surface area contributed by atoms with Gasteiger partial charge < -0.3 is 5.11 Å². The minimum Gasteiger partial charge on any atom is -0.481 e. The van der Waals surface area contributed by atoms with Gasteiger partial charge in [-0.1, -0.05) is 41.4 Å². The van der Waals surface area contributed by atoms with Crippen molar-refractivity contribution in [3.05, 3.63) is 34.3 Å². The largest absolute Gasteiger partial charge is 0.481 e. The minimum atomic E-state index is -0.633. The van der Waals surface area contributed by atoms with Gasteiger partial charge in [-0.15, -0.1) is 0 Å². The van der Waals surface area contributed by atoms with Gasteiger partial charge in [0.15, 0.2) is 0 Å². The molecule has 1 saturated heterocycles. The molecule has 0 bridgehead atoms. The highest BCUT2D eigenvalue weighted by molar-refractivity contribution is 9.10. The quantitative estimate of drug-likeness (QED) is 0.900. The van der Waals surface area contributed by atoms with E-state index in [0.29, 0.717) is 6.54 Å². The Morgan fingerprint density at radius 1 is 1.53 bits per heavy atom. The molecule has 1 fully saturated rings. The van der Waals surface area contributed by atoms with E-state index in [1.165, 1.54) is 5.56 Å². The van der Waals surface area contributed by atoms with Gasteiger partial charge in [0.1, 0.15) is 0 Å². The zero-order chi connectivity index (χ0) is 13.9. The van der Waals surface area contributed by atoms with Crippen LogP contribution in [-0.2, 0) is 11.3 Å². The van der Waals surface area contributed by atoms with Gasteiger partial charge in [0.05, 0.1) is 5.41 Å². The minimum absolute atomic E-state index is 0.527. The molecule has 0 aliphatic carbocycles. The van der Waals surface area contributed by atoms with Gasteiger partial charge >= 0.3 is 5.97 Å². The number of hydrogen-bond donors (Lipinski definition) is 1. The molecule has 0 amide bonds. The highest BCUT2D eigenvalue weighted by atomic mass is 79.9. The van der Waals surface area contributed by atoms with Crippen LogP contribution in [0.2, 0.25) is 0 Å². The van der Waals surface area contributed by atoms with Crippen molar-refractivity contribution >= 4 is 21.9 Å². The first-order valence-corrected chi connectivity index (χ1v) is 7.55. The number of halogens is 1. The number of carboxylic acids is 1. The monoisotopic (exact) mass is 325 g/mol. The SMILES string of the molecule is CCCC1(C(=O)O)CCN(Cc2cccc(Br)c2)C1. The van der Waals surface area contributed by atoms with Crippen LogP contribution in [0.5, 0.6) is 0 Å². The lowest BCUT2D eigenvalue weighted by Crippen LogP contribution is -2.34. The molecular weight excluding hydrogens is 306 g/mol. The Morgan fingerprint density at radius 3 is 2.95 bits per heavy atom. The van der Waals surface area contributed by atoms with E-state index in [4.69, 9.17) is 0 Å². The number of aliphatic carboxylic acids is 1. The van der Waals surface area contributed by atoms with E-state index in [0.717, 1.165) is 36.8 Å². The summed E-state index contributed by atoms with van der Waals surface area (Å²) < 4.78 is 1.07. The molecule has 1 N–H and O–H groups in total. The lowest BCUT2D eigenvalue weighted by Gasteiger charge is -2.24. The summed E-state index contributed by atoms with van der Waals surface area (Å²) >= 11 is 3.47. The van der Waals surface area contributed by atoms with Crippen LogP contribution in [0.25, 0.3) is 0 Å². The smallest absolute Gasteiger partial charge is 0.310 e. The molecule has 19 heavy (non-hydrogen) atoms. The second-order valence-corrected chi connectivity index (χ2v) is 6.34. The second kappa shape index (κ2) is 6.06. The molecule has 0 aromatic heterocycles. The molecule has 1 aliphatic heterocycles. The average molecular weight is 326 g/mol. The van der Waals surface area contributed by atoms with Crippen molar-refractivity contribution in [2.45, 2.75) is 32.7 Å². The Balaban J connectivity index is 2.03. The van der Waals surface area contributed by atoms with Gasteiger partial charge in [-0.3, -0.25) is 9.69 Å². The van der Waals surface area contributed by atoms with Crippen molar-refractivity contribution in [2.24, 2.45) is 5.41 Å². The predicted octanol–water partition coefficient (Wildman–Crippen LogP) is 3.53. The van der Waals surface area contributed by atoms with E-state index in [2.05, 4.69) is 39.9 Å². The molecular formula is C15H20BrNO2. The standard InChI is InChI=1S/C15H20BrNO2/c1-2-6-15(14(18)19)7-8-17(11-15)10-12-4-3-5-13(16)9-12/h3-5,9H,2,6-8,10-11H2,1H3,(H,18,19). The highest BCUT2D eigenvalue weighted by Gasteiger charge is 2.43. The lowest BCUT2D eigenvalue weighted by atomic mass is 9.83. The van der Waals surface area contributed by atoms with Crippen molar-refractivity contribution in [2.75, 3.05) is 13.1 Å². The molecule has 0 spiro atoms. The third kappa shape index (κ3) is 3.37. The Hall–Kier alpha value is -0.870. The van der Waals surface area contributed by atoms with E-state index in [1.54, 1.807) is 0 Å². The topological polar surface area (TPSA) is 40.5 Å². The maximum atomic E-state index is 11.5. The Bertz CT molecular complexity index is 463. The van der Waals surface area contributed by atoms with Gasteiger partial charge in [0.2, 0.25) is 0 Å². The van der Waals surface area contributed by atoms with Crippen molar-refractivity contribution in [3.63, 3.8) is 0 Å². The molecule has 1 aromatic carbocycles.